The molecule has 6 heteroatoms. The molecule has 0 radical (unpaired) electrons. The fraction of sp³-hybridized carbons (Fsp3) is 0.688. The van der Waals surface area contributed by atoms with Gasteiger partial charge in [-0.25, -0.2) is 0 Å². The van der Waals surface area contributed by atoms with Crippen LogP contribution in [0.15, 0.2) is 6.07 Å². The van der Waals surface area contributed by atoms with Crippen LogP contribution >= 0.6 is 11.3 Å². The first kappa shape index (κ1) is 17.4. The van der Waals surface area contributed by atoms with Crippen LogP contribution in [-0.2, 0) is 26.3 Å². The number of ether oxygens (including phenoxy) is 2. The van der Waals surface area contributed by atoms with Gasteiger partial charge in [-0.3, -0.25) is 4.79 Å². The Morgan fingerprint density at radius 1 is 1.50 bits per heavy atom. The molecule has 5 nitrogen and oxygen atoms in total. The van der Waals surface area contributed by atoms with Gasteiger partial charge in [0.1, 0.15) is 0 Å². The number of carbonyl (C=O) groups excluding carboxylic acids is 1. The third-order valence-corrected chi connectivity index (χ3v) is 5.05. The maximum Gasteiger partial charge on any atom is 0.259 e. The van der Waals surface area contributed by atoms with E-state index in [1.165, 1.54) is 30.9 Å². The van der Waals surface area contributed by atoms with Gasteiger partial charge in [0.05, 0.1) is 22.8 Å². The number of hydrogen-bond donors (Lipinski definition) is 2. The molecule has 1 aliphatic heterocycles. The number of amides is 1. The normalized spacial score (nSPS) is 21.8. The summed E-state index contributed by atoms with van der Waals surface area (Å²) in [5.41, 5.74) is -0.988. The monoisotopic (exact) mass is 327 g/mol. The van der Waals surface area contributed by atoms with Gasteiger partial charge in [-0.15, -0.1) is 11.3 Å². The minimum atomic E-state index is -1.55. The van der Waals surface area contributed by atoms with Gasteiger partial charge in [0.15, 0.2) is 5.60 Å². The Morgan fingerprint density at radius 3 is 2.73 bits per heavy atom. The minimum absolute atomic E-state index is 0.0500. The van der Waals surface area contributed by atoms with E-state index in [9.17, 15) is 9.90 Å². The van der Waals surface area contributed by atoms with Gasteiger partial charge in [-0.1, -0.05) is 0 Å². The van der Waals surface area contributed by atoms with Crippen molar-refractivity contribution in [3.8, 4) is 0 Å². The smallest absolute Gasteiger partial charge is 0.259 e. The van der Waals surface area contributed by atoms with E-state index in [4.69, 9.17) is 9.47 Å². The summed E-state index contributed by atoms with van der Waals surface area (Å²) in [5, 5.41) is 13.6. The molecule has 22 heavy (non-hydrogen) atoms. The second-order valence-corrected chi connectivity index (χ2v) is 8.23. The molecule has 0 saturated carbocycles. The number of thiophene rings is 1. The molecular weight excluding hydrogens is 302 g/mol. The minimum Gasteiger partial charge on any atom is -0.381 e. The predicted molar refractivity (Wildman–Crippen MR) is 87.3 cm³/mol. The maximum atomic E-state index is 12.2. The van der Waals surface area contributed by atoms with Gasteiger partial charge in [-0.05, 0) is 46.2 Å². The number of hydrogen-bond acceptors (Lipinski definition) is 5. The molecular formula is C16H25NO4S. The summed E-state index contributed by atoms with van der Waals surface area (Å²) in [6.45, 7) is 9.60. The third kappa shape index (κ3) is 3.51. The highest BCUT2D eigenvalue weighted by molar-refractivity contribution is 7.16. The first-order chi connectivity index (χ1) is 9.97. The number of fused-ring (bicyclic) bond motifs is 1. The first-order valence-electron chi connectivity index (χ1n) is 7.33. The van der Waals surface area contributed by atoms with Gasteiger partial charge in [0, 0.05) is 18.4 Å². The highest BCUT2D eigenvalue weighted by atomic mass is 32.1. The summed E-state index contributed by atoms with van der Waals surface area (Å²) in [5.74, 6) is -0.467. The van der Waals surface area contributed by atoms with Crippen LogP contribution in [-0.4, -0.2) is 35.9 Å². The van der Waals surface area contributed by atoms with Crippen LogP contribution in [0.5, 0.6) is 0 Å². The van der Waals surface area contributed by atoms with Gasteiger partial charge in [0.25, 0.3) is 5.91 Å². The molecule has 1 aliphatic rings. The highest BCUT2D eigenvalue weighted by Gasteiger charge is 2.40. The average Bonchev–Trinajstić information content (AvgIpc) is 2.69. The number of methoxy groups -OCH3 is 1. The summed E-state index contributed by atoms with van der Waals surface area (Å²) in [6, 6.07) is 1.98. The van der Waals surface area contributed by atoms with Crippen molar-refractivity contribution in [1.29, 1.82) is 0 Å². The molecule has 0 saturated heterocycles. The van der Waals surface area contributed by atoms with Crippen molar-refractivity contribution < 1.29 is 19.4 Å². The molecule has 124 valence electrons. The molecule has 0 fully saturated rings. The number of rotatable bonds is 4. The van der Waals surface area contributed by atoms with Crippen LogP contribution in [0.3, 0.4) is 0 Å². The van der Waals surface area contributed by atoms with Crippen molar-refractivity contribution >= 4 is 22.2 Å². The van der Waals surface area contributed by atoms with E-state index in [1.54, 1.807) is 0 Å². The lowest BCUT2D eigenvalue weighted by Crippen LogP contribution is -2.43. The molecule has 1 atom stereocenters. The lowest BCUT2D eigenvalue weighted by molar-refractivity contribution is -0.137. The highest BCUT2D eigenvalue weighted by Crippen LogP contribution is 2.45. The molecule has 0 bridgehead atoms. The first-order valence-corrected chi connectivity index (χ1v) is 8.15. The summed E-state index contributed by atoms with van der Waals surface area (Å²) in [6.07, 6.45) is 0.798. The molecule has 1 aromatic rings. The Kier molecular flexibility index (Phi) is 4.43. The second-order valence-electron chi connectivity index (χ2n) is 7.17. The number of anilines is 1. The predicted octanol–water partition coefficient (Wildman–Crippen LogP) is 2.67. The molecule has 0 aliphatic carbocycles. The van der Waals surface area contributed by atoms with Crippen LogP contribution < -0.4 is 5.32 Å². The SMILES string of the molecule is COCC(C)(O)C(=O)Nc1cc2c(s1)C(C)(C)OC(C)(C)C2. The van der Waals surface area contributed by atoms with E-state index in [-0.39, 0.29) is 17.8 Å². The van der Waals surface area contributed by atoms with Crippen molar-refractivity contribution in [2.75, 3.05) is 19.0 Å². The quantitative estimate of drug-likeness (QED) is 0.892. The van der Waals surface area contributed by atoms with Gasteiger partial charge in [0.2, 0.25) is 0 Å². The van der Waals surface area contributed by atoms with Crippen molar-refractivity contribution in [2.24, 2.45) is 0 Å². The Morgan fingerprint density at radius 2 is 2.14 bits per heavy atom. The fourth-order valence-corrected chi connectivity index (χ4v) is 4.07. The molecule has 0 spiro atoms. The summed E-state index contributed by atoms with van der Waals surface area (Å²) in [4.78, 5) is 13.3. The lowest BCUT2D eigenvalue weighted by atomic mass is 9.89. The van der Waals surface area contributed by atoms with Crippen molar-refractivity contribution in [3.63, 3.8) is 0 Å². The standard InChI is InChI=1S/C16H25NO4S/c1-14(2)8-10-7-11(22-12(10)15(3,4)21-14)17-13(18)16(5,19)9-20-6/h7,19H,8-9H2,1-6H3,(H,17,18). The second kappa shape index (κ2) is 5.60. The van der Waals surface area contributed by atoms with Gasteiger partial charge >= 0.3 is 0 Å². The number of aliphatic hydroxyl groups is 1. The third-order valence-electron chi connectivity index (χ3n) is 3.65. The van der Waals surface area contributed by atoms with E-state index in [2.05, 4.69) is 19.2 Å². The van der Waals surface area contributed by atoms with Crippen molar-refractivity contribution in [3.05, 3.63) is 16.5 Å². The molecule has 1 aromatic heterocycles. The van der Waals surface area contributed by atoms with Crippen LogP contribution in [0.4, 0.5) is 5.00 Å². The largest absolute Gasteiger partial charge is 0.381 e. The van der Waals surface area contributed by atoms with Crippen LogP contribution in [0.1, 0.15) is 45.1 Å². The van der Waals surface area contributed by atoms with E-state index in [1.807, 2.05) is 19.9 Å². The van der Waals surface area contributed by atoms with Gasteiger partial charge < -0.3 is 19.9 Å². The van der Waals surface area contributed by atoms with Crippen LogP contribution in [0.2, 0.25) is 0 Å². The Balaban J connectivity index is 2.23. The zero-order valence-corrected chi connectivity index (χ0v) is 14.9. The van der Waals surface area contributed by atoms with E-state index >= 15 is 0 Å². The molecule has 2 rings (SSSR count). The summed E-state index contributed by atoms with van der Waals surface area (Å²) in [7, 11) is 1.45. The van der Waals surface area contributed by atoms with Gasteiger partial charge in [-0.2, -0.15) is 0 Å². The topological polar surface area (TPSA) is 67.8 Å². The molecule has 2 heterocycles. The Labute approximate surface area is 135 Å². The Bertz CT molecular complexity index is 575. The Hall–Kier alpha value is -0.950. The van der Waals surface area contributed by atoms with Crippen LogP contribution in [0.25, 0.3) is 0 Å². The van der Waals surface area contributed by atoms with Crippen molar-refractivity contribution in [1.82, 2.24) is 0 Å². The number of carbonyl (C=O) groups is 1. The van der Waals surface area contributed by atoms with E-state index in [0.717, 1.165) is 16.3 Å². The maximum absolute atomic E-state index is 12.2. The molecule has 0 aromatic carbocycles. The zero-order chi connectivity index (χ0) is 16.8. The molecule has 1 amide bonds. The molecule has 2 N–H and O–H groups in total. The molecule has 1 unspecified atom stereocenters. The zero-order valence-electron chi connectivity index (χ0n) is 14.1. The van der Waals surface area contributed by atoms with Crippen molar-refractivity contribution in [2.45, 2.75) is 57.8 Å². The van der Waals surface area contributed by atoms with E-state index < -0.39 is 11.5 Å². The average molecular weight is 327 g/mol. The van der Waals surface area contributed by atoms with Crippen LogP contribution in [0, 0.1) is 0 Å². The lowest BCUT2D eigenvalue weighted by Gasteiger charge is -2.41. The fourth-order valence-electron chi connectivity index (χ4n) is 2.96. The number of nitrogens with one attached hydrogen (secondary N) is 1. The summed E-state index contributed by atoms with van der Waals surface area (Å²) >= 11 is 1.50. The summed E-state index contributed by atoms with van der Waals surface area (Å²) < 4.78 is 11.0. The van der Waals surface area contributed by atoms with E-state index in [0.29, 0.717) is 0 Å².